The molecular formula is C22H26O10S2. The molecule has 12 heteroatoms. The standard InChI is InChI=1S/C22H26O10S2/c1-5-8-13-10-7-11-14(9-6-2)17(13)18-15(21(23)31-3)12-16(22(24)32-4)19(33(25,26)27)20(18)34(28,29)30/h7,10-12H,5-6,8-9H2,1-4H3,(H,25,26,27)(H,28,29,30). The second-order valence-electron chi connectivity index (χ2n) is 7.39. The van der Waals surface area contributed by atoms with Gasteiger partial charge in [0.15, 0.2) is 0 Å². The van der Waals surface area contributed by atoms with E-state index < -0.39 is 58.7 Å². The molecule has 0 spiro atoms. The fraction of sp³-hybridized carbons (Fsp3) is 0.364. The second kappa shape index (κ2) is 10.6. The predicted octanol–water partition coefficient (Wildman–Crippen LogP) is 3.33. The lowest BCUT2D eigenvalue weighted by Gasteiger charge is -2.22. The van der Waals surface area contributed by atoms with E-state index in [1.807, 2.05) is 13.8 Å². The summed E-state index contributed by atoms with van der Waals surface area (Å²) in [6.45, 7) is 3.73. The number of methoxy groups -OCH3 is 2. The van der Waals surface area contributed by atoms with Gasteiger partial charge in [0.05, 0.1) is 25.3 Å². The van der Waals surface area contributed by atoms with E-state index in [1.54, 1.807) is 18.2 Å². The van der Waals surface area contributed by atoms with Crippen molar-refractivity contribution < 1.29 is 45.0 Å². The third kappa shape index (κ3) is 5.46. The quantitative estimate of drug-likeness (QED) is 0.375. The molecule has 0 radical (unpaired) electrons. The Kier molecular flexibility index (Phi) is 8.59. The largest absolute Gasteiger partial charge is 0.465 e. The Morgan fingerprint density at radius 3 is 1.59 bits per heavy atom. The van der Waals surface area contributed by atoms with Gasteiger partial charge in [0.2, 0.25) is 0 Å². The molecule has 186 valence electrons. The molecule has 0 saturated carbocycles. The molecule has 0 aliphatic heterocycles. The Hall–Kier alpha value is -2.80. The van der Waals surface area contributed by atoms with Gasteiger partial charge in [-0.1, -0.05) is 44.9 Å². The first-order valence-corrected chi connectivity index (χ1v) is 13.1. The van der Waals surface area contributed by atoms with Crippen molar-refractivity contribution in [2.24, 2.45) is 0 Å². The van der Waals surface area contributed by atoms with Crippen molar-refractivity contribution in [3.8, 4) is 11.1 Å². The van der Waals surface area contributed by atoms with Crippen molar-refractivity contribution in [1.82, 2.24) is 0 Å². The molecular weight excluding hydrogens is 488 g/mol. The number of benzene rings is 2. The summed E-state index contributed by atoms with van der Waals surface area (Å²) >= 11 is 0. The Bertz CT molecular complexity index is 1300. The molecule has 0 aliphatic carbocycles. The molecule has 0 aromatic heterocycles. The zero-order chi connectivity index (χ0) is 25.8. The number of esters is 2. The van der Waals surface area contributed by atoms with E-state index in [0.717, 1.165) is 20.3 Å². The van der Waals surface area contributed by atoms with Crippen LogP contribution in [0.3, 0.4) is 0 Å². The maximum atomic E-state index is 12.8. The molecule has 2 N–H and O–H groups in total. The highest BCUT2D eigenvalue weighted by atomic mass is 32.2. The fourth-order valence-corrected chi connectivity index (χ4v) is 6.06. The van der Waals surface area contributed by atoms with Gasteiger partial charge in [-0.15, -0.1) is 0 Å². The average molecular weight is 515 g/mol. The molecule has 0 amide bonds. The lowest BCUT2D eigenvalue weighted by atomic mass is 9.87. The first-order valence-electron chi connectivity index (χ1n) is 10.3. The highest BCUT2D eigenvalue weighted by Crippen LogP contribution is 2.42. The number of ether oxygens (including phenoxy) is 2. The number of hydrogen-bond donors (Lipinski definition) is 2. The molecule has 0 unspecified atom stereocenters. The molecule has 0 atom stereocenters. The van der Waals surface area contributed by atoms with Crippen LogP contribution in [0.5, 0.6) is 0 Å². The third-order valence-electron chi connectivity index (χ3n) is 5.09. The van der Waals surface area contributed by atoms with Crippen LogP contribution >= 0.6 is 0 Å². The number of carbonyl (C=O) groups excluding carboxylic acids is 2. The van der Waals surface area contributed by atoms with Gasteiger partial charge in [-0.05, 0) is 35.6 Å². The summed E-state index contributed by atoms with van der Waals surface area (Å²) in [4.78, 5) is 22.5. The summed E-state index contributed by atoms with van der Waals surface area (Å²) in [6, 6.07) is 5.86. The van der Waals surface area contributed by atoms with Gasteiger partial charge in [-0.3, -0.25) is 9.11 Å². The zero-order valence-corrected chi connectivity index (χ0v) is 20.7. The number of rotatable bonds is 9. The summed E-state index contributed by atoms with van der Waals surface area (Å²) in [5.74, 6) is -2.45. The SMILES string of the molecule is CCCc1cccc(CCC)c1-c1c(C(=O)OC)cc(C(=O)OC)c(S(=O)(=O)O)c1S(=O)(=O)O. The van der Waals surface area contributed by atoms with Gasteiger partial charge in [0, 0.05) is 5.56 Å². The summed E-state index contributed by atoms with van der Waals surface area (Å²) in [6.07, 6.45) is 2.06. The molecule has 2 rings (SSSR count). The Balaban J connectivity index is 3.39. The minimum Gasteiger partial charge on any atom is -0.465 e. The topological polar surface area (TPSA) is 161 Å². The first-order chi connectivity index (χ1) is 15.8. The zero-order valence-electron chi connectivity index (χ0n) is 19.1. The van der Waals surface area contributed by atoms with Crippen LogP contribution in [0, 0.1) is 0 Å². The monoisotopic (exact) mass is 514 g/mol. The fourth-order valence-electron chi connectivity index (χ4n) is 3.85. The highest BCUT2D eigenvalue weighted by Gasteiger charge is 2.38. The van der Waals surface area contributed by atoms with E-state index >= 15 is 0 Å². The first kappa shape index (κ1) is 27.4. The highest BCUT2D eigenvalue weighted by molar-refractivity contribution is 7.89. The van der Waals surface area contributed by atoms with Gasteiger partial charge in [-0.25, -0.2) is 9.59 Å². The van der Waals surface area contributed by atoms with E-state index in [0.29, 0.717) is 36.8 Å². The summed E-state index contributed by atoms with van der Waals surface area (Å²) < 4.78 is 79.4. The van der Waals surface area contributed by atoms with Gasteiger partial charge >= 0.3 is 11.9 Å². The Morgan fingerprint density at radius 2 is 1.21 bits per heavy atom. The predicted molar refractivity (Wildman–Crippen MR) is 122 cm³/mol. The number of aryl methyl sites for hydroxylation is 2. The van der Waals surface area contributed by atoms with Crippen LogP contribution in [0.1, 0.15) is 58.5 Å². The van der Waals surface area contributed by atoms with Crippen molar-refractivity contribution in [2.45, 2.75) is 49.3 Å². The minimum atomic E-state index is -5.44. The number of hydrogen-bond acceptors (Lipinski definition) is 8. The van der Waals surface area contributed by atoms with E-state index in [-0.39, 0.29) is 5.56 Å². The van der Waals surface area contributed by atoms with E-state index in [4.69, 9.17) is 4.74 Å². The van der Waals surface area contributed by atoms with Crippen LogP contribution in [-0.4, -0.2) is 52.1 Å². The van der Waals surface area contributed by atoms with E-state index in [1.165, 1.54) is 0 Å². The van der Waals surface area contributed by atoms with Crippen LogP contribution in [-0.2, 0) is 42.6 Å². The normalized spacial score (nSPS) is 11.8. The molecule has 0 aliphatic rings. The smallest absolute Gasteiger partial charge is 0.339 e. The summed E-state index contributed by atoms with van der Waals surface area (Å²) in [7, 11) is -8.96. The molecule has 34 heavy (non-hydrogen) atoms. The van der Waals surface area contributed by atoms with Crippen LogP contribution in [0.15, 0.2) is 34.1 Å². The van der Waals surface area contributed by atoms with Crippen molar-refractivity contribution in [3.05, 3.63) is 46.5 Å². The van der Waals surface area contributed by atoms with Gasteiger partial charge < -0.3 is 9.47 Å². The van der Waals surface area contributed by atoms with Gasteiger partial charge in [0.25, 0.3) is 20.2 Å². The maximum absolute atomic E-state index is 12.8. The Morgan fingerprint density at radius 1 is 0.765 bits per heavy atom. The molecule has 0 fully saturated rings. The van der Waals surface area contributed by atoms with Crippen molar-refractivity contribution >= 4 is 32.2 Å². The molecule has 0 saturated heterocycles. The lowest BCUT2D eigenvalue weighted by molar-refractivity contribution is 0.0594. The van der Waals surface area contributed by atoms with Crippen molar-refractivity contribution in [1.29, 1.82) is 0 Å². The van der Waals surface area contributed by atoms with Gasteiger partial charge in [-0.2, -0.15) is 16.8 Å². The Labute approximate surface area is 198 Å². The van der Waals surface area contributed by atoms with Crippen molar-refractivity contribution in [3.63, 3.8) is 0 Å². The third-order valence-corrected chi connectivity index (χ3v) is 7.08. The minimum absolute atomic E-state index is 0.195. The second-order valence-corrected chi connectivity index (χ2v) is 10.1. The molecule has 2 aromatic rings. The average Bonchev–Trinajstić information content (AvgIpc) is 2.76. The lowest BCUT2D eigenvalue weighted by Crippen LogP contribution is -2.20. The summed E-state index contributed by atoms with van der Waals surface area (Å²) in [5, 5.41) is 0. The van der Waals surface area contributed by atoms with E-state index in [2.05, 4.69) is 4.74 Å². The molecule has 2 aromatic carbocycles. The van der Waals surface area contributed by atoms with E-state index in [9.17, 15) is 35.5 Å². The molecule has 0 bridgehead atoms. The van der Waals surface area contributed by atoms with Crippen LogP contribution in [0.4, 0.5) is 0 Å². The number of carbonyl (C=O) groups is 2. The summed E-state index contributed by atoms with van der Waals surface area (Å²) in [5.41, 5.74) is -0.607. The molecule has 0 heterocycles. The van der Waals surface area contributed by atoms with Crippen molar-refractivity contribution in [2.75, 3.05) is 14.2 Å². The van der Waals surface area contributed by atoms with Crippen LogP contribution < -0.4 is 0 Å². The maximum Gasteiger partial charge on any atom is 0.339 e. The molecule has 10 nitrogen and oxygen atoms in total. The van der Waals surface area contributed by atoms with Gasteiger partial charge in [0.1, 0.15) is 9.79 Å². The van der Waals surface area contributed by atoms with Crippen LogP contribution in [0.25, 0.3) is 11.1 Å². The van der Waals surface area contributed by atoms with Crippen LogP contribution in [0.2, 0.25) is 0 Å².